The zero-order valence-corrected chi connectivity index (χ0v) is 21.5. The zero-order valence-electron chi connectivity index (χ0n) is 19.3. The Morgan fingerprint density at radius 1 is 1.11 bits per heavy atom. The first-order chi connectivity index (χ1) is 16.9. The number of hydrogen-bond donors (Lipinski definition) is 1. The van der Waals surface area contributed by atoms with Gasteiger partial charge < -0.3 is 19.5 Å². The molecule has 3 aromatic rings. The van der Waals surface area contributed by atoms with Gasteiger partial charge in [0.2, 0.25) is 0 Å². The molecule has 176 valence electrons. The molecule has 0 saturated carbocycles. The van der Waals surface area contributed by atoms with E-state index in [4.69, 9.17) is 20.6 Å². The molecule has 3 aromatic carbocycles. The van der Waals surface area contributed by atoms with Gasteiger partial charge in [-0.2, -0.15) is 5.26 Å². The van der Waals surface area contributed by atoms with Gasteiger partial charge >= 0.3 is 0 Å². The normalized spacial score (nSPS) is 10.6. The second kappa shape index (κ2) is 12.5. The van der Waals surface area contributed by atoms with Crippen LogP contribution in [-0.2, 0) is 11.4 Å². The van der Waals surface area contributed by atoms with Crippen LogP contribution in [0.4, 0.5) is 5.69 Å². The fourth-order valence-electron chi connectivity index (χ4n) is 3.08. The second-order valence-corrected chi connectivity index (χ2v) is 8.61. The Labute approximate surface area is 218 Å². The van der Waals surface area contributed by atoms with Gasteiger partial charge in [-0.15, -0.1) is 6.42 Å². The van der Waals surface area contributed by atoms with Crippen molar-refractivity contribution in [3.8, 4) is 35.7 Å². The molecule has 0 spiro atoms. The molecule has 0 atom stereocenters. The van der Waals surface area contributed by atoms with Crippen LogP contribution in [0.2, 0.25) is 0 Å². The number of amides is 1. The summed E-state index contributed by atoms with van der Waals surface area (Å²) in [6.45, 7) is 2.58. The Bertz CT molecular complexity index is 1300. The third-order valence-electron chi connectivity index (χ3n) is 4.87. The maximum atomic E-state index is 12.7. The van der Waals surface area contributed by atoms with Crippen molar-refractivity contribution in [3.63, 3.8) is 0 Å². The molecular formula is C28H23IN2O4. The number of nitrogens with zero attached hydrogens (tertiary/aromatic N) is 1. The number of nitriles is 1. The third-order valence-corrected chi connectivity index (χ3v) is 5.67. The average molecular weight is 578 g/mol. The molecular weight excluding hydrogens is 555 g/mol. The van der Waals surface area contributed by atoms with Crippen molar-refractivity contribution in [1.82, 2.24) is 0 Å². The SMILES string of the molecule is C#CCOc1c(I)cc(/C=C(\C#N)C(=O)Nc2ccc(OCc3ccc(C)cc3)cc2)cc1OC. The van der Waals surface area contributed by atoms with Gasteiger partial charge in [-0.25, -0.2) is 0 Å². The lowest BCUT2D eigenvalue weighted by Gasteiger charge is -2.12. The summed E-state index contributed by atoms with van der Waals surface area (Å²) >= 11 is 2.09. The van der Waals surface area contributed by atoms with Gasteiger partial charge in [0.05, 0.1) is 10.7 Å². The van der Waals surface area contributed by atoms with Gasteiger partial charge in [0, 0.05) is 5.69 Å². The van der Waals surface area contributed by atoms with Crippen LogP contribution in [0, 0.1) is 34.2 Å². The van der Waals surface area contributed by atoms with E-state index in [1.807, 2.05) is 37.3 Å². The number of methoxy groups -OCH3 is 1. The fraction of sp³-hybridized carbons (Fsp3) is 0.143. The van der Waals surface area contributed by atoms with Gasteiger partial charge in [-0.05, 0) is 83.1 Å². The predicted octanol–water partition coefficient (Wildman–Crippen LogP) is 5.74. The van der Waals surface area contributed by atoms with Crippen LogP contribution in [-0.4, -0.2) is 19.6 Å². The van der Waals surface area contributed by atoms with Crippen molar-refractivity contribution in [2.75, 3.05) is 19.0 Å². The first-order valence-corrected chi connectivity index (χ1v) is 11.7. The Balaban J connectivity index is 1.68. The summed E-state index contributed by atoms with van der Waals surface area (Å²) in [5.74, 6) is 3.53. The van der Waals surface area contributed by atoms with Crippen molar-refractivity contribution in [2.45, 2.75) is 13.5 Å². The first kappa shape index (κ1) is 25.7. The van der Waals surface area contributed by atoms with E-state index in [1.165, 1.54) is 18.7 Å². The highest BCUT2D eigenvalue weighted by Gasteiger charge is 2.14. The lowest BCUT2D eigenvalue weighted by Crippen LogP contribution is -2.13. The second-order valence-electron chi connectivity index (χ2n) is 7.45. The van der Waals surface area contributed by atoms with Crippen LogP contribution in [0.5, 0.6) is 17.2 Å². The standard InChI is InChI=1S/C28H23IN2O4/c1-4-13-34-27-25(29)15-21(16-26(27)33-3)14-22(17-30)28(32)31-23-9-11-24(12-10-23)35-18-20-7-5-19(2)6-8-20/h1,5-12,14-16H,13,18H2,2-3H3,(H,31,32)/b22-14+. The number of terminal acetylenes is 1. The molecule has 3 rings (SSSR count). The number of halogens is 1. The van der Waals surface area contributed by atoms with Gasteiger partial charge in [0.1, 0.15) is 30.6 Å². The number of carbonyl (C=O) groups is 1. The summed E-state index contributed by atoms with van der Waals surface area (Å²) in [5, 5.41) is 12.3. The topological polar surface area (TPSA) is 80.6 Å². The molecule has 0 fully saturated rings. The first-order valence-electron chi connectivity index (χ1n) is 10.6. The molecule has 35 heavy (non-hydrogen) atoms. The highest BCUT2D eigenvalue weighted by atomic mass is 127. The lowest BCUT2D eigenvalue weighted by atomic mass is 10.1. The Kier molecular flexibility index (Phi) is 9.16. The minimum atomic E-state index is -0.526. The van der Waals surface area contributed by atoms with Gasteiger partial charge in [0.15, 0.2) is 11.5 Å². The minimum absolute atomic E-state index is 0.0557. The summed E-state index contributed by atoms with van der Waals surface area (Å²) in [4.78, 5) is 12.7. The number of hydrogen-bond acceptors (Lipinski definition) is 5. The van der Waals surface area contributed by atoms with E-state index >= 15 is 0 Å². The molecule has 0 unspecified atom stereocenters. The smallest absolute Gasteiger partial charge is 0.266 e. The highest BCUT2D eigenvalue weighted by molar-refractivity contribution is 14.1. The quantitative estimate of drug-likeness (QED) is 0.152. The van der Waals surface area contributed by atoms with E-state index in [2.05, 4.69) is 33.8 Å². The van der Waals surface area contributed by atoms with E-state index in [1.54, 1.807) is 36.4 Å². The van der Waals surface area contributed by atoms with Crippen LogP contribution in [0.15, 0.2) is 66.2 Å². The molecule has 0 bridgehead atoms. The van der Waals surface area contributed by atoms with Gasteiger partial charge in [0.25, 0.3) is 5.91 Å². The molecule has 0 radical (unpaired) electrons. The Hall–Kier alpha value is -3.95. The molecule has 0 aliphatic carbocycles. The van der Waals surface area contributed by atoms with E-state index in [-0.39, 0.29) is 12.2 Å². The lowest BCUT2D eigenvalue weighted by molar-refractivity contribution is -0.112. The summed E-state index contributed by atoms with van der Waals surface area (Å²) in [6, 6.07) is 20.5. The van der Waals surface area contributed by atoms with Crippen LogP contribution in [0.25, 0.3) is 6.08 Å². The third kappa shape index (κ3) is 7.26. The molecule has 7 heteroatoms. The molecule has 0 aliphatic rings. The van der Waals surface area contributed by atoms with E-state index in [0.717, 1.165) is 9.13 Å². The minimum Gasteiger partial charge on any atom is -0.493 e. The van der Waals surface area contributed by atoms with Crippen LogP contribution in [0.1, 0.15) is 16.7 Å². The number of ether oxygens (including phenoxy) is 3. The van der Waals surface area contributed by atoms with E-state index in [0.29, 0.717) is 35.1 Å². The predicted molar refractivity (Wildman–Crippen MR) is 144 cm³/mol. The fourth-order valence-corrected chi connectivity index (χ4v) is 3.86. The van der Waals surface area contributed by atoms with Crippen molar-refractivity contribution < 1.29 is 19.0 Å². The number of rotatable bonds is 9. The van der Waals surface area contributed by atoms with E-state index < -0.39 is 5.91 Å². The molecule has 1 N–H and O–H groups in total. The maximum Gasteiger partial charge on any atom is 0.266 e. The largest absolute Gasteiger partial charge is 0.493 e. The highest BCUT2D eigenvalue weighted by Crippen LogP contribution is 2.34. The van der Waals surface area contributed by atoms with Crippen molar-refractivity contribution >= 4 is 40.3 Å². The summed E-state index contributed by atoms with van der Waals surface area (Å²) in [7, 11) is 1.51. The summed E-state index contributed by atoms with van der Waals surface area (Å²) < 4.78 is 17.4. The van der Waals surface area contributed by atoms with Gasteiger partial charge in [-0.3, -0.25) is 4.79 Å². The maximum absolute atomic E-state index is 12.7. The van der Waals surface area contributed by atoms with Crippen molar-refractivity contribution in [2.24, 2.45) is 0 Å². The number of carbonyl (C=O) groups excluding carboxylic acids is 1. The Morgan fingerprint density at radius 3 is 2.46 bits per heavy atom. The number of anilines is 1. The monoisotopic (exact) mass is 578 g/mol. The molecule has 0 heterocycles. The van der Waals surface area contributed by atoms with Crippen molar-refractivity contribution in [1.29, 1.82) is 5.26 Å². The molecule has 0 aromatic heterocycles. The number of benzene rings is 3. The summed E-state index contributed by atoms with van der Waals surface area (Å²) in [5.41, 5.74) is 3.37. The van der Waals surface area contributed by atoms with Crippen molar-refractivity contribution in [3.05, 3.63) is 86.5 Å². The van der Waals surface area contributed by atoms with Gasteiger partial charge in [-0.1, -0.05) is 35.7 Å². The van der Waals surface area contributed by atoms with Crippen LogP contribution in [0.3, 0.4) is 0 Å². The zero-order chi connectivity index (χ0) is 25.2. The molecule has 0 aliphatic heterocycles. The molecule has 6 nitrogen and oxygen atoms in total. The average Bonchev–Trinajstić information content (AvgIpc) is 2.86. The summed E-state index contributed by atoms with van der Waals surface area (Å²) in [6.07, 6.45) is 6.76. The van der Waals surface area contributed by atoms with Crippen LogP contribution >= 0.6 is 22.6 Å². The molecule has 1 amide bonds. The number of nitrogens with one attached hydrogen (secondary N) is 1. The van der Waals surface area contributed by atoms with Crippen LogP contribution < -0.4 is 19.5 Å². The van der Waals surface area contributed by atoms with E-state index in [9.17, 15) is 10.1 Å². The number of aryl methyl sites for hydroxylation is 1. The molecule has 0 saturated heterocycles. The Morgan fingerprint density at radius 2 is 1.83 bits per heavy atom.